The molecule has 1 aliphatic rings. The molecule has 1 fully saturated rings. The first-order valence-electron chi connectivity index (χ1n) is 13.1. The van der Waals surface area contributed by atoms with Crippen molar-refractivity contribution in [3.8, 4) is 34.1 Å². The lowest BCUT2D eigenvalue weighted by molar-refractivity contribution is -0.145. The van der Waals surface area contributed by atoms with Gasteiger partial charge in [0.05, 0.1) is 32.8 Å². The zero-order valence-corrected chi connectivity index (χ0v) is 23.7. The van der Waals surface area contributed by atoms with E-state index in [4.69, 9.17) is 28.4 Å². The van der Waals surface area contributed by atoms with Crippen LogP contribution in [0.2, 0.25) is 0 Å². The number of benzene rings is 4. The highest BCUT2D eigenvalue weighted by Crippen LogP contribution is 2.50. The van der Waals surface area contributed by atoms with Crippen LogP contribution >= 0.6 is 0 Å². The van der Waals surface area contributed by atoms with Crippen molar-refractivity contribution >= 4 is 10.8 Å². The van der Waals surface area contributed by atoms with Crippen LogP contribution in [0.15, 0.2) is 66.7 Å². The van der Waals surface area contributed by atoms with Crippen LogP contribution < -0.4 is 18.9 Å². The number of hydrogen-bond donors (Lipinski definition) is 0. The summed E-state index contributed by atoms with van der Waals surface area (Å²) >= 11 is 0. The third-order valence-corrected chi connectivity index (χ3v) is 7.09. The lowest BCUT2D eigenvalue weighted by Gasteiger charge is -2.24. The Balaban J connectivity index is 1.74. The van der Waals surface area contributed by atoms with Crippen molar-refractivity contribution in [1.82, 2.24) is 0 Å². The van der Waals surface area contributed by atoms with Crippen LogP contribution in [-0.2, 0) is 16.1 Å². The fourth-order valence-corrected chi connectivity index (χ4v) is 5.44. The van der Waals surface area contributed by atoms with Crippen LogP contribution in [0.25, 0.3) is 21.9 Å². The van der Waals surface area contributed by atoms with Gasteiger partial charge in [0.15, 0.2) is 5.79 Å². The molecule has 6 heteroatoms. The van der Waals surface area contributed by atoms with Crippen LogP contribution in [0, 0.1) is 6.92 Å². The minimum Gasteiger partial charge on any atom is -0.497 e. The molecule has 6 nitrogen and oxygen atoms in total. The number of hydrogen-bond acceptors (Lipinski definition) is 6. The average molecular weight is 529 g/mol. The molecule has 1 heterocycles. The highest BCUT2D eigenvalue weighted by atomic mass is 16.7. The van der Waals surface area contributed by atoms with E-state index in [1.165, 1.54) is 0 Å². The molecule has 4 aromatic carbocycles. The number of aryl methyl sites for hydroxylation is 1. The highest BCUT2D eigenvalue weighted by Gasteiger charge is 2.41. The summed E-state index contributed by atoms with van der Waals surface area (Å²) in [6.45, 7) is 8.41. The molecule has 4 aromatic rings. The monoisotopic (exact) mass is 528 g/mol. The minimum absolute atomic E-state index is 0.174. The summed E-state index contributed by atoms with van der Waals surface area (Å²) in [6, 6.07) is 22.3. The predicted molar refractivity (Wildman–Crippen MR) is 153 cm³/mol. The maximum Gasteiger partial charge on any atom is 0.164 e. The normalized spacial score (nSPS) is 18.2. The predicted octanol–water partition coefficient (Wildman–Crippen LogP) is 7.63. The Hall–Kier alpha value is -3.74. The third kappa shape index (κ3) is 5.27. The average Bonchev–Trinajstić information content (AvgIpc) is 3.22. The first-order valence-corrected chi connectivity index (χ1v) is 13.1. The Morgan fingerprint density at radius 1 is 0.795 bits per heavy atom. The quantitative estimate of drug-likeness (QED) is 0.234. The summed E-state index contributed by atoms with van der Waals surface area (Å²) in [5, 5.41) is 1.89. The van der Waals surface area contributed by atoms with Crippen LogP contribution in [0.1, 0.15) is 43.6 Å². The van der Waals surface area contributed by atoms with Crippen LogP contribution in [0.5, 0.6) is 23.0 Å². The van der Waals surface area contributed by atoms with Crippen molar-refractivity contribution in [3.63, 3.8) is 0 Å². The van der Waals surface area contributed by atoms with E-state index in [-0.39, 0.29) is 12.2 Å². The number of fused-ring (bicyclic) bond motifs is 1. The second kappa shape index (κ2) is 10.8. The van der Waals surface area contributed by atoms with Crippen molar-refractivity contribution in [1.29, 1.82) is 0 Å². The molecule has 0 N–H and O–H groups in total. The second-order valence-electron chi connectivity index (χ2n) is 10.3. The van der Waals surface area contributed by atoms with Gasteiger partial charge in [-0.05, 0) is 79.6 Å². The maximum absolute atomic E-state index is 6.42. The zero-order valence-electron chi connectivity index (χ0n) is 23.7. The van der Waals surface area contributed by atoms with Gasteiger partial charge in [0.2, 0.25) is 0 Å². The Bertz CT molecular complexity index is 1480. The molecule has 2 atom stereocenters. The van der Waals surface area contributed by atoms with Gasteiger partial charge in [-0.3, -0.25) is 0 Å². The van der Waals surface area contributed by atoms with Crippen molar-refractivity contribution in [2.75, 3.05) is 21.3 Å². The molecule has 0 aliphatic carbocycles. The van der Waals surface area contributed by atoms with Gasteiger partial charge in [0, 0.05) is 11.6 Å². The van der Waals surface area contributed by atoms with E-state index in [2.05, 4.69) is 31.2 Å². The van der Waals surface area contributed by atoms with E-state index in [0.717, 1.165) is 50.1 Å². The number of ether oxygens (including phenoxy) is 6. The molecule has 0 spiro atoms. The summed E-state index contributed by atoms with van der Waals surface area (Å²) in [4.78, 5) is 0. The van der Waals surface area contributed by atoms with Crippen LogP contribution in [0.4, 0.5) is 0 Å². The van der Waals surface area contributed by atoms with E-state index < -0.39 is 5.79 Å². The fourth-order valence-electron chi connectivity index (χ4n) is 5.44. The van der Waals surface area contributed by atoms with E-state index in [1.54, 1.807) is 21.3 Å². The zero-order chi connectivity index (χ0) is 27.7. The molecule has 1 aliphatic heterocycles. The van der Waals surface area contributed by atoms with Gasteiger partial charge in [-0.15, -0.1) is 0 Å². The first kappa shape index (κ1) is 26.9. The minimum atomic E-state index is -0.714. The largest absolute Gasteiger partial charge is 0.497 e. The molecule has 204 valence electrons. The SMILES string of the molecule is COc1cc(OC)c(-c2ccc(OCc3ccccc3)c3c(OC)cc(C)cc23)c([C@@H]2OC(C)(C)O[C@H]2C)c1. The lowest BCUT2D eigenvalue weighted by atomic mass is 9.89. The topological polar surface area (TPSA) is 55.4 Å². The van der Waals surface area contributed by atoms with Gasteiger partial charge in [0.25, 0.3) is 0 Å². The molecule has 5 rings (SSSR count). The van der Waals surface area contributed by atoms with Crippen LogP contribution in [-0.4, -0.2) is 33.2 Å². The second-order valence-corrected chi connectivity index (χ2v) is 10.3. The molecular formula is C33H36O6. The number of methoxy groups -OCH3 is 3. The van der Waals surface area contributed by atoms with E-state index >= 15 is 0 Å². The Kier molecular flexibility index (Phi) is 7.43. The molecule has 0 aromatic heterocycles. The molecular weight excluding hydrogens is 492 g/mol. The van der Waals surface area contributed by atoms with E-state index in [0.29, 0.717) is 18.1 Å². The van der Waals surface area contributed by atoms with Crippen molar-refractivity contribution in [2.24, 2.45) is 0 Å². The summed E-state index contributed by atoms with van der Waals surface area (Å²) in [6.07, 6.45) is -0.499. The molecule has 0 amide bonds. The lowest BCUT2D eigenvalue weighted by Crippen LogP contribution is -2.20. The fraction of sp³-hybridized carbons (Fsp3) is 0.333. The van der Waals surface area contributed by atoms with Crippen molar-refractivity contribution in [2.45, 2.75) is 52.3 Å². The molecule has 0 radical (unpaired) electrons. The van der Waals surface area contributed by atoms with Gasteiger partial charge in [0.1, 0.15) is 35.7 Å². The number of rotatable bonds is 8. The molecule has 1 saturated heterocycles. The van der Waals surface area contributed by atoms with Gasteiger partial charge in [-0.2, -0.15) is 0 Å². The highest BCUT2D eigenvalue weighted by molar-refractivity contribution is 6.05. The third-order valence-electron chi connectivity index (χ3n) is 7.09. The van der Waals surface area contributed by atoms with Gasteiger partial charge in [-0.25, -0.2) is 0 Å². The van der Waals surface area contributed by atoms with Crippen molar-refractivity contribution < 1.29 is 28.4 Å². The summed E-state index contributed by atoms with van der Waals surface area (Å²) in [5.74, 6) is 2.16. The maximum atomic E-state index is 6.42. The smallest absolute Gasteiger partial charge is 0.164 e. The molecule has 39 heavy (non-hydrogen) atoms. The van der Waals surface area contributed by atoms with Crippen molar-refractivity contribution in [3.05, 3.63) is 83.4 Å². The standard InChI is InChI=1S/C33H36O6/c1-20-15-25-24(13-14-27(31(25)28(16-20)35-6)37-19-22-11-9-8-10-12-22)30-26(17-23(34-5)18-29(30)36-7)32-21(2)38-33(3,4)39-32/h8-18,21,32H,19H2,1-7H3/t21-,32+/m0/s1. The Labute approximate surface area is 230 Å². The summed E-state index contributed by atoms with van der Waals surface area (Å²) in [7, 11) is 5.02. The first-order chi connectivity index (χ1) is 18.7. The molecule has 0 saturated carbocycles. The van der Waals surface area contributed by atoms with Gasteiger partial charge < -0.3 is 28.4 Å². The summed E-state index contributed by atoms with van der Waals surface area (Å²) in [5.41, 5.74) is 5.00. The molecule has 0 unspecified atom stereocenters. The van der Waals surface area contributed by atoms with Gasteiger partial charge >= 0.3 is 0 Å². The van der Waals surface area contributed by atoms with Crippen LogP contribution in [0.3, 0.4) is 0 Å². The van der Waals surface area contributed by atoms with E-state index in [9.17, 15) is 0 Å². The summed E-state index contributed by atoms with van der Waals surface area (Å²) < 4.78 is 36.4. The van der Waals surface area contributed by atoms with E-state index in [1.807, 2.05) is 63.2 Å². The Morgan fingerprint density at radius 3 is 2.18 bits per heavy atom. The van der Waals surface area contributed by atoms with Gasteiger partial charge in [-0.1, -0.05) is 36.4 Å². The Morgan fingerprint density at radius 2 is 1.54 bits per heavy atom. The molecule has 0 bridgehead atoms.